The molecule has 1 heterocycles. The van der Waals surface area contributed by atoms with Gasteiger partial charge in [0, 0.05) is 22.5 Å². The van der Waals surface area contributed by atoms with Crippen molar-refractivity contribution in [1.82, 2.24) is 4.72 Å². The number of sulfonamides is 1. The van der Waals surface area contributed by atoms with Gasteiger partial charge in [0.15, 0.2) is 11.2 Å². The maximum Gasteiger partial charge on any atom is 0.240 e. The average molecular weight is 604 g/mol. The van der Waals surface area contributed by atoms with E-state index in [4.69, 9.17) is 14.2 Å². The summed E-state index contributed by atoms with van der Waals surface area (Å²) in [4.78, 5) is 13.5. The van der Waals surface area contributed by atoms with E-state index >= 15 is 0 Å². The minimum absolute atomic E-state index is 0.131. The molecule has 11 heteroatoms. The van der Waals surface area contributed by atoms with Crippen molar-refractivity contribution in [3.8, 4) is 17.2 Å². The molecule has 38 heavy (non-hydrogen) atoms. The first-order chi connectivity index (χ1) is 18.0. The predicted octanol–water partition coefficient (Wildman–Crippen LogP) is 2.79. The first kappa shape index (κ1) is 26.5. The molecule has 1 aliphatic heterocycles. The Hall–Kier alpha value is -3.12. The van der Waals surface area contributed by atoms with Crippen molar-refractivity contribution in [2.75, 3.05) is 20.5 Å². The standard InChI is InChI=1S/C27H26BrNO8S/c1-35-18-13-19(36-2)23-20(14-18)37-27(16-9-11-17(28)12-10-16)22(15-7-5-4-6-8-15)21(24(30)26(23,27)32)25(31)29-38(3,33)34/h4-14,21-22,24,30,32H,1-3H3,(H,29,31)/t21-,22-,24-,26+,27+/m1/s1. The van der Waals surface area contributed by atoms with Crippen LogP contribution >= 0.6 is 15.9 Å². The molecule has 200 valence electrons. The highest BCUT2D eigenvalue weighted by Gasteiger charge is 2.78. The molecule has 0 bridgehead atoms. The van der Waals surface area contributed by atoms with Crippen LogP contribution in [0.5, 0.6) is 17.2 Å². The first-order valence-corrected chi connectivity index (χ1v) is 14.3. The molecule has 0 unspecified atom stereocenters. The van der Waals surface area contributed by atoms with Crippen LogP contribution in [0.25, 0.3) is 0 Å². The van der Waals surface area contributed by atoms with Crippen molar-refractivity contribution < 1.29 is 37.6 Å². The Balaban J connectivity index is 1.88. The minimum atomic E-state index is -3.99. The fraction of sp³-hybridized carbons (Fsp3) is 0.296. The number of nitrogens with one attached hydrogen (secondary N) is 1. The number of rotatable bonds is 6. The summed E-state index contributed by atoms with van der Waals surface area (Å²) in [5, 5.41) is 24.6. The van der Waals surface area contributed by atoms with Crippen LogP contribution < -0.4 is 18.9 Å². The molecule has 1 amide bonds. The number of amides is 1. The Labute approximate surface area is 228 Å². The highest BCUT2D eigenvalue weighted by molar-refractivity contribution is 9.10. The van der Waals surface area contributed by atoms with Gasteiger partial charge in [0.2, 0.25) is 15.9 Å². The van der Waals surface area contributed by atoms with Gasteiger partial charge in [-0.05, 0) is 23.3 Å². The largest absolute Gasteiger partial charge is 0.496 e. The van der Waals surface area contributed by atoms with Crippen LogP contribution in [-0.2, 0) is 26.0 Å². The minimum Gasteiger partial charge on any atom is -0.496 e. The maximum absolute atomic E-state index is 13.5. The average Bonchev–Trinajstić information content (AvgIpc) is 3.26. The SMILES string of the molecule is COc1cc(OC)c2c(c1)O[C@@]1(c3ccc(Br)cc3)[C@H](c3ccccc3)[C@@H](C(=O)NS(C)(=O)=O)[C@@H](O)[C@@]21O. The number of methoxy groups -OCH3 is 2. The second kappa shape index (κ2) is 9.26. The summed E-state index contributed by atoms with van der Waals surface area (Å²) in [5.74, 6) is -2.65. The molecule has 0 spiro atoms. The van der Waals surface area contributed by atoms with E-state index in [0.29, 0.717) is 16.9 Å². The van der Waals surface area contributed by atoms with Crippen LogP contribution in [0, 0.1) is 5.92 Å². The van der Waals surface area contributed by atoms with Crippen molar-refractivity contribution in [2.45, 2.75) is 23.2 Å². The van der Waals surface area contributed by atoms with Crippen molar-refractivity contribution in [1.29, 1.82) is 0 Å². The zero-order valence-electron chi connectivity index (χ0n) is 20.7. The van der Waals surface area contributed by atoms with Gasteiger partial charge in [-0.1, -0.05) is 58.4 Å². The molecule has 9 nitrogen and oxygen atoms in total. The van der Waals surface area contributed by atoms with Crippen molar-refractivity contribution in [3.63, 3.8) is 0 Å². The molecule has 3 aromatic carbocycles. The Morgan fingerprint density at radius 3 is 2.29 bits per heavy atom. The zero-order valence-corrected chi connectivity index (χ0v) is 23.1. The summed E-state index contributed by atoms with van der Waals surface area (Å²) in [6.07, 6.45) is -0.952. The fourth-order valence-electron chi connectivity index (χ4n) is 5.90. The van der Waals surface area contributed by atoms with E-state index in [0.717, 1.165) is 10.7 Å². The van der Waals surface area contributed by atoms with Crippen LogP contribution in [0.1, 0.15) is 22.6 Å². The number of carbonyl (C=O) groups is 1. The van der Waals surface area contributed by atoms with Crippen molar-refractivity contribution >= 4 is 31.9 Å². The van der Waals surface area contributed by atoms with E-state index in [2.05, 4.69) is 15.9 Å². The number of fused-ring (bicyclic) bond motifs is 3. The summed E-state index contributed by atoms with van der Waals surface area (Å²) >= 11 is 3.43. The van der Waals surface area contributed by atoms with E-state index in [1.807, 2.05) is 4.72 Å². The van der Waals surface area contributed by atoms with Gasteiger partial charge in [-0.2, -0.15) is 0 Å². The van der Waals surface area contributed by atoms with Crippen LogP contribution in [0.4, 0.5) is 0 Å². The third kappa shape index (κ3) is 3.79. The molecule has 1 saturated carbocycles. The monoisotopic (exact) mass is 603 g/mol. The highest BCUT2D eigenvalue weighted by Crippen LogP contribution is 2.70. The lowest BCUT2D eigenvalue weighted by molar-refractivity contribution is -0.154. The molecule has 0 saturated heterocycles. The molecule has 3 N–H and O–H groups in total. The van der Waals surface area contributed by atoms with E-state index in [1.54, 1.807) is 66.7 Å². The summed E-state index contributed by atoms with van der Waals surface area (Å²) < 4.78 is 44.6. The fourth-order valence-corrected chi connectivity index (χ4v) is 6.67. The number of carbonyl (C=O) groups excluding carboxylic acids is 1. The lowest BCUT2D eigenvalue weighted by Crippen LogP contribution is -2.52. The lowest BCUT2D eigenvalue weighted by Gasteiger charge is -2.40. The summed E-state index contributed by atoms with van der Waals surface area (Å²) in [6.45, 7) is 0. The van der Waals surface area contributed by atoms with Crippen molar-refractivity contribution in [3.05, 3.63) is 87.9 Å². The summed E-state index contributed by atoms with van der Waals surface area (Å²) in [7, 11) is -1.11. The molecule has 5 atom stereocenters. The quantitative estimate of drug-likeness (QED) is 0.392. The number of hydrogen-bond acceptors (Lipinski definition) is 8. The van der Waals surface area contributed by atoms with Crippen LogP contribution in [-0.4, -0.2) is 51.1 Å². The molecule has 3 aromatic rings. The third-order valence-electron chi connectivity index (χ3n) is 7.30. The normalized spacial score (nSPS) is 27.7. The summed E-state index contributed by atoms with van der Waals surface area (Å²) in [5.41, 5.74) is -2.86. The van der Waals surface area contributed by atoms with Crippen LogP contribution in [0.15, 0.2) is 71.2 Å². The molecular formula is C27H26BrNO8S. The molecular weight excluding hydrogens is 578 g/mol. The second-order valence-corrected chi connectivity index (χ2v) is 12.1. The van der Waals surface area contributed by atoms with Gasteiger partial charge in [-0.15, -0.1) is 0 Å². The topological polar surface area (TPSA) is 131 Å². The molecule has 1 fully saturated rings. The number of benzene rings is 3. The van der Waals surface area contributed by atoms with Gasteiger partial charge in [0.1, 0.15) is 23.4 Å². The van der Waals surface area contributed by atoms with E-state index < -0.39 is 45.1 Å². The first-order valence-electron chi connectivity index (χ1n) is 11.7. The Bertz CT molecular complexity index is 1500. The van der Waals surface area contributed by atoms with Gasteiger partial charge >= 0.3 is 0 Å². The smallest absolute Gasteiger partial charge is 0.240 e. The number of hydrogen-bond donors (Lipinski definition) is 3. The van der Waals surface area contributed by atoms with Crippen molar-refractivity contribution in [2.24, 2.45) is 5.92 Å². The third-order valence-corrected chi connectivity index (χ3v) is 8.40. The molecule has 0 aromatic heterocycles. The summed E-state index contributed by atoms with van der Waals surface area (Å²) in [6, 6.07) is 18.9. The zero-order chi connectivity index (χ0) is 27.5. The molecule has 0 radical (unpaired) electrons. The van der Waals surface area contributed by atoms with E-state index in [9.17, 15) is 23.4 Å². The molecule has 1 aliphatic carbocycles. The van der Waals surface area contributed by atoms with E-state index in [1.165, 1.54) is 14.2 Å². The van der Waals surface area contributed by atoms with Crippen LogP contribution in [0.2, 0.25) is 0 Å². The Kier molecular flexibility index (Phi) is 6.46. The van der Waals surface area contributed by atoms with Crippen LogP contribution in [0.3, 0.4) is 0 Å². The highest BCUT2D eigenvalue weighted by atomic mass is 79.9. The molecule has 5 rings (SSSR count). The van der Waals surface area contributed by atoms with Gasteiger partial charge in [0.05, 0.1) is 32.0 Å². The lowest BCUT2D eigenvalue weighted by atomic mass is 9.70. The Morgan fingerprint density at radius 2 is 1.71 bits per heavy atom. The second-order valence-electron chi connectivity index (χ2n) is 9.41. The number of halogens is 1. The maximum atomic E-state index is 13.5. The Morgan fingerprint density at radius 1 is 1.05 bits per heavy atom. The predicted molar refractivity (Wildman–Crippen MR) is 142 cm³/mol. The van der Waals surface area contributed by atoms with Gasteiger partial charge in [-0.25, -0.2) is 8.42 Å². The number of aliphatic hydroxyl groups is 2. The van der Waals surface area contributed by atoms with Gasteiger partial charge in [-0.3, -0.25) is 9.52 Å². The number of aliphatic hydroxyl groups excluding tert-OH is 1. The number of ether oxygens (including phenoxy) is 3. The van der Waals surface area contributed by atoms with E-state index in [-0.39, 0.29) is 17.1 Å². The van der Waals surface area contributed by atoms with Gasteiger partial charge < -0.3 is 24.4 Å². The van der Waals surface area contributed by atoms with Gasteiger partial charge in [0.25, 0.3) is 0 Å². The molecule has 2 aliphatic rings.